The van der Waals surface area contributed by atoms with Crippen molar-refractivity contribution in [3.05, 3.63) is 57.8 Å². The number of rotatable bonds is 3. The van der Waals surface area contributed by atoms with E-state index in [1.165, 1.54) is 7.11 Å². The number of amides is 1. The number of methoxy groups -OCH3 is 1. The van der Waals surface area contributed by atoms with Crippen molar-refractivity contribution < 1.29 is 14.3 Å². The Kier molecular flexibility index (Phi) is 4.70. The van der Waals surface area contributed by atoms with Gasteiger partial charge in [-0.15, -0.1) is 0 Å². The van der Waals surface area contributed by atoms with Crippen LogP contribution in [-0.2, 0) is 4.74 Å². The molecule has 0 bridgehead atoms. The molecule has 1 aromatic heterocycles. The molecule has 0 saturated carbocycles. The third-order valence-electron chi connectivity index (χ3n) is 2.87. The van der Waals surface area contributed by atoms with Crippen molar-refractivity contribution in [3.63, 3.8) is 0 Å². The molecule has 1 amide bonds. The summed E-state index contributed by atoms with van der Waals surface area (Å²) in [6.07, 6.45) is 1.55. The number of aromatic nitrogens is 1. The fourth-order valence-corrected chi connectivity index (χ4v) is 1.93. The Hall–Kier alpha value is -2.21. The smallest absolute Gasteiger partial charge is 0.337 e. The van der Waals surface area contributed by atoms with E-state index in [1.807, 2.05) is 6.92 Å². The lowest BCUT2D eigenvalue weighted by molar-refractivity contribution is 0.0600. The molecule has 0 radical (unpaired) electrons. The number of esters is 1. The highest BCUT2D eigenvalue weighted by Crippen LogP contribution is 2.18. The number of nitrogens with one attached hydrogen (secondary N) is 1. The van der Waals surface area contributed by atoms with Crippen LogP contribution in [0.25, 0.3) is 0 Å². The van der Waals surface area contributed by atoms with Gasteiger partial charge in [0, 0.05) is 16.4 Å². The molecule has 0 aliphatic carbocycles. The first-order valence-electron chi connectivity index (χ1n) is 6.13. The quantitative estimate of drug-likeness (QED) is 0.865. The van der Waals surface area contributed by atoms with Crippen molar-refractivity contribution in [2.75, 3.05) is 12.4 Å². The van der Waals surface area contributed by atoms with Gasteiger partial charge in [0.05, 0.1) is 12.7 Å². The van der Waals surface area contributed by atoms with Gasteiger partial charge in [-0.2, -0.15) is 0 Å². The van der Waals surface area contributed by atoms with Gasteiger partial charge in [-0.25, -0.2) is 9.78 Å². The molecule has 0 fully saturated rings. The van der Waals surface area contributed by atoms with E-state index in [0.29, 0.717) is 16.9 Å². The second kappa shape index (κ2) is 6.49. The number of anilines is 1. The van der Waals surface area contributed by atoms with Crippen LogP contribution in [0.15, 0.2) is 41.0 Å². The highest BCUT2D eigenvalue weighted by molar-refractivity contribution is 9.10. The summed E-state index contributed by atoms with van der Waals surface area (Å²) in [6, 6.07) is 8.32. The standard InChI is InChI=1S/C15H13BrN2O3/c1-9-3-4-10(15(20)21-2)7-13(9)18-14(19)12-6-5-11(16)8-17-12/h3-8H,1-2H3,(H,18,19). The first-order chi connectivity index (χ1) is 10.0. The van der Waals surface area contributed by atoms with Crippen LogP contribution in [0.5, 0.6) is 0 Å². The van der Waals surface area contributed by atoms with Crippen LogP contribution in [0.1, 0.15) is 26.4 Å². The minimum atomic E-state index is -0.452. The molecule has 2 aromatic rings. The minimum Gasteiger partial charge on any atom is -0.465 e. The van der Waals surface area contributed by atoms with E-state index in [2.05, 4.69) is 31.0 Å². The summed E-state index contributed by atoms with van der Waals surface area (Å²) in [4.78, 5) is 27.7. The van der Waals surface area contributed by atoms with Crippen LogP contribution < -0.4 is 5.32 Å². The SMILES string of the molecule is COC(=O)c1ccc(C)c(NC(=O)c2ccc(Br)cn2)c1. The number of carbonyl (C=O) groups is 2. The lowest BCUT2D eigenvalue weighted by atomic mass is 10.1. The Labute approximate surface area is 130 Å². The van der Waals surface area contributed by atoms with E-state index in [1.54, 1.807) is 36.5 Å². The Balaban J connectivity index is 2.24. The molecule has 0 saturated heterocycles. The van der Waals surface area contributed by atoms with E-state index in [9.17, 15) is 9.59 Å². The summed E-state index contributed by atoms with van der Waals surface area (Å²) < 4.78 is 5.46. The number of benzene rings is 1. The Morgan fingerprint density at radius 1 is 1.24 bits per heavy atom. The maximum Gasteiger partial charge on any atom is 0.337 e. The number of nitrogens with zero attached hydrogens (tertiary/aromatic N) is 1. The molecular weight excluding hydrogens is 336 g/mol. The van der Waals surface area contributed by atoms with Crippen molar-refractivity contribution >= 4 is 33.5 Å². The molecule has 0 aliphatic rings. The third kappa shape index (κ3) is 3.66. The summed E-state index contributed by atoms with van der Waals surface area (Å²) in [5, 5.41) is 2.74. The lowest BCUT2D eigenvalue weighted by Crippen LogP contribution is -2.15. The van der Waals surface area contributed by atoms with Crippen molar-refractivity contribution in [1.29, 1.82) is 0 Å². The zero-order valence-corrected chi connectivity index (χ0v) is 13.1. The van der Waals surface area contributed by atoms with Gasteiger partial charge < -0.3 is 10.1 Å². The molecule has 21 heavy (non-hydrogen) atoms. The number of ether oxygens (including phenoxy) is 1. The summed E-state index contributed by atoms with van der Waals surface area (Å²) >= 11 is 3.26. The van der Waals surface area contributed by atoms with E-state index < -0.39 is 5.97 Å². The maximum absolute atomic E-state index is 12.1. The zero-order valence-electron chi connectivity index (χ0n) is 11.5. The molecule has 0 aliphatic heterocycles. The van der Waals surface area contributed by atoms with Gasteiger partial charge in [0.15, 0.2) is 0 Å². The summed E-state index contributed by atoms with van der Waals surface area (Å²) in [5.74, 6) is -0.792. The average Bonchev–Trinajstić information content (AvgIpc) is 2.49. The molecule has 0 unspecified atom stereocenters. The number of carbonyl (C=O) groups excluding carboxylic acids is 2. The molecule has 1 aromatic carbocycles. The number of halogens is 1. The van der Waals surface area contributed by atoms with Crippen LogP contribution in [-0.4, -0.2) is 24.0 Å². The fraction of sp³-hybridized carbons (Fsp3) is 0.133. The van der Waals surface area contributed by atoms with Gasteiger partial charge in [-0.3, -0.25) is 4.79 Å². The van der Waals surface area contributed by atoms with Crippen LogP contribution in [0, 0.1) is 6.92 Å². The van der Waals surface area contributed by atoms with Crippen LogP contribution in [0.2, 0.25) is 0 Å². The van der Waals surface area contributed by atoms with E-state index in [0.717, 1.165) is 10.0 Å². The molecule has 6 heteroatoms. The van der Waals surface area contributed by atoms with Crippen LogP contribution >= 0.6 is 15.9 Å². The topological polar surface area (TPSA) is 68.3 Å². The maximum atomic E-state index is 12.1. The van der Waals surface area contributed by atoms with Crippen molar-refractivity contribution in [1.82, 2.24) is 4.98 Å². The molecule has 1 heterocycles. The van der Waals surface area contributed by atoms with Crippen LogP contribution in [0.3, 0.4) is 0 Å². The predicted molar refractivity (Wildman–Crippen MR) is 82.4 cm³/mol. The monoisotopic (exact) mass is 348 g/mol. The van der Waals surface area contributed by atoms with E-state index in [4.69, 9.17) is 0 Å². The first kappa shape index (κ1) is 15.2. The molecule has 0 spiro atoms. The van der Waals surface area contributed by atoms with Gasteiger partial charge in [0.25, 0.3) is 5.91 Å². The van der Waals surface area contributed by atoms with Gasteiger partial charge in [0.2, 0.25) is 0 Å². The third-order valence-corrected chi connectivity index (χ3v) is 3.34. The van der Waals surface area contributed by atoms with Crippen molar-refractivity contribution in [2.45, 2.75) is 6.92 Å². The highest BCUT2D eigenvalue weighted by Gasteiger charge is 2.12. The summed E-state index contributed by atoms with van der Waals surface area (Å²) in [6.45, 7) is 1.84. The largest absolute Gasteiger partial charge is 0.465 e. The van der Waals surface area contributed by atoms with Crippen molar-refractivity contribution in [3.8, 4) is 0 Å². The van der Waals surface area contributed by atoms with Gasteiger partial charge >= 0.3 is 5.97 Å². The van der Waals surface area contributed by atoms with E-state index in [-0.39, 0.29) is 5.91 Å². The lowest BCUT2D eigenvalue weighted by Gasteiger charge is -2.09. The Morgan fingerprint density at radius 2 is 2.00 bits per heavy atom. The van der Waals surface area contributed by atoms with Gasteiger partial charge in [-0.1, -0.05) is 6.07 Å². The second-order valence-corrected chi connectivity index (χ2v) is 5.25. The van der Waals surface area contributed by atoms with Gasteiger partial charge in [-0.05, 0) is 52.7 Å². The fourth-order valence-electron chi connectivity index (χ4n) is 1.70. The molecule has 2 rings (SSSR count). The predicted octanol–water partition coefficient (Wildman–Crippen LogP) is 3.19. The first-order valence-corrected chi connectivity index (χ1v) is 6.92. The Bertz CT molecular complexity index is 684. The summed E-state index contributed by atoms with van der Waals surface area (Å²) in [5.41, 5.74) is 2.06. The highest BCUT2D eigenvalue weighted by atomic mass is 79.9. The molecule has 108 valence electrons. The number of aryl methyl sites for hydroxylation is 1. The van der Waals surface area contributed by atoms with Crippen molar-refractivity contribution in [2.24, 2.45) is 0 Å². The van der Waals surface area contributed by atoms with E-state index >= 15 is 0 Å². The average molecular weight is 349 g/mol. The normalized spacial score (nSPS) is 10.0. The number of pyridine rings is 1. The second-order valence-electron chi connectivity index (χ2n) is 4.34. The molecule has 5 nitrogen and oxygen atoms in total. The molecular formula is C15H13BrN2O3. The Morgan fingerprint density at radius 3 is 2.62 bits per heavy atom. The number of hydrogen-bond acceptors (Lipinski definition) is 4. The van der Waals surface area contributed by atoms with Crippen LogP contribution in [0.4, 0.5) is 5.69 Å². The molecule has 0 atom stereocenters. The van der Waals surface area contributed by atoms with Gasteiger partial charge in [0.1, 0.15) is 5.69 Å². The molecule has 1 N–H and O–H groups in total. The summed E-state index contributed by atoms with van der Waals surface area (Å²) in [7, 11) is 1.31. The zero-order chi connectivity index (χ0) is 15.4. The number of hydrogen-bond donors (Lipinski definition) is 1. The minimum absolute atomic E-state index is 0.293.